The Morgan fingerprint density at radius 2 is 2.10 bits per heavy atom. The maximum absolute atomic E-state index is 5.92. The SMILES string of the molecule is C=CCCOc1nc(-c2cc([C@@H](C)N(C)CC)ncc2OC)cc2cccnc12. The van der Waals surface area contributed by atoms with E-state index >= 15 is 0 Å². The lowest BCUT2D eigenvalue weighted by molar-refractivity contribution is 0.270. The van der Waals surface area contributed by atoms with Crippen molar-refractivity contribution in [3.8, 4) is 22.9 Å². The van der Waals surface area contributed by atoms with Crippen molar-refractivity contribution < 1.29 is 9.47 Å². The zero-order valence-electron chi connectivity index (χ0n) is 17.6. The van der Waals surface area contributed by atoms with Gasteiger partial charge >= 0.3 is 0 Å². The lowest BCUT2D eigenvalue weighted by atomic mass is 10.1. The van der Waals surface area contributed by atoms with Gasteiger partial charge in [-0.1, -0.05) is 19.1 Å². The Hall–Kier alpha value is -2.99. The molecule has 0 aliphatic carbocycles. The highest BCUT2D eigenvalue weighted by Crippen LogP contribution is 2.34. The Morgan fingerprint density at radius 1 is 1.28 bits per heavy atom. The van der Waals surface area contributed by atoms with Crippen LogP contribution in [0.3, 0.4) is 0 Å². The molecule has 3 aromatic heterocycles. The molecule has 0 saturated heterocycles. The van der Waals surface area contributed by atoms with Crippen molar-refractivity contribution in [3.63, 3.8) is 0 Å². The molecule has 3 aromatic rings. The van der Waals surface area contributed by atoms with Crippen molar-refractivity contribution in [3.05, 3.63) is 55.0 Å². The van der Waals surface area contributed by atoms with E-state index in [0.717, 1.165) is 40.8 Å². The molecule has 0 aliphatic rings. The number of hydrogen-bond acceptors (Lipinski definition) is 6. The summed E-state index contributed by atoms with van der Waals surface area (Å²) in [7, 11) is 3.73. The summed E-state index contributed by atoms with van der Waals surface area (Å²) in [4.78, 5) is 16.1. The van der Waals surface area contributed by atoms with Crippen LogP contribution in [0.1, 0.15) is 32.0 Å². The predicted octanol–water partition coefficient (Wildman–Crippen LogP) is 4.67. The van der Waals surface area contributed by atoms with Crippen LogP contribution in [-0.2, 0) is 0 Å². The summed E-state index contributed by atoms with van der Waals surface area (Å²) in [5.74, 6) is 1.19. The molecule has 0 unspecified atom stereocenters. The molecule has 29 heavy (non-hydrogen) atoms. The van der Waals surface area contributed by atoms with Crippen molar-refractivity contribution >= 4 is 10.9 Å². The Kier molecular flexibility index (Phi) is 6.77. The van der Waals surface area contributed by atoms with Crippen LogP contribution >= 0.6 is 0 Å². The van der Waals surface area contributed by atoms with Crippen molar-refractivity contribution in [2.24, 2.45) is 0 Å². The highest BCUT2D eigenvalue weighted by atomic mass is 16.5. The number of hydrogen-bond donors (Lipinski definition) is 0. The average Bonchev–Trinajstić information content (AvgIpc) is 2.77. The van der Waals surface area contributed by atoms with Gasteiger partial charge in [-0.05, 0) is 45.1 Å². The van der Waals surface area contributed by atoms with E-state index in [2.05, 4.69) is 42.3 Å². The summed E-state index contributed by atoms with van der Waals surface area (Å²) in [5.41, 5.74) is 3.36. The second-order valence-corrected chi connectivity index (χ2v) is 6.87. The molecule has 0 radical (unpaired) electrons. The van der Waals surface area contributed by atoms with Gasteiger partial charge in [0, 0.05) is 23.2 Å². The van der Waals surface area contributed by atoms with Crippen molar-refractivity contribution in [2.75, 3.05) is 27.3 Å². The van der Waals surface area contributed by atoms with Gasteiger partial charge in [-0.15, -0.1) is 6.58 Å². The molecule has 3 heterocycles. The highest BCUT2D eigenvalue weighted by Gasteiger charge is 2.18. The minimum atomic E-state index is 0.176. The lowest BCUT2D eigenvalue weighted by Gasteiger charge is -2.23. The first-order chi connectivity index (χ1) is 14.1. The van der Waals surface area contributed by atoms with Gasteiger partial charge in [-0.3, -0.25) is 14.9 Å². The van der Waals surface area contributed by atoms with Crippen LogP contribution in [-0.4, -0.2) is 47.2 Å². The van der Waals surface area contributed by atoms with Crippen LogP contribution in [0.15, 0.2) is 49.3 Å². The number of ether oxygens (including phenoxy) is 2. The van der Waals surface area contributed by atoms with Gasteiger partial charge in [0.25, 0.3) is 0 Å². The minimum Gasteiger partial charge on any atom is -0.494 e. The van der Waals surface area contributed by atoms with Gasteiger partial charge in [-0.25, -0.2) is 4.98 Å². The molecule has 0 saturated carbocycles. The maximum Gasteiger partial charge on any atom is 0.241 e. The molecule has 0 aromatic carbocycles. The third-order valence-corrected chi connectivity index (χ3v) is 5.09. The number of nitrogens with zero attached hydrogens (tertiary/aromatic N) is 4. The third-order valence-electron chi connectivity index (χ3n) is 5.09. The van der Waals surface area contributed by atoms with Crippen molar-refractivity contribution in [1.82, 2.24) is 19.9 Å². The fraction of sp³-hybridized carbons (Fsp3) is 0.348. The summed E-state index contributed by atoms with van der Waals surface area (Å²) in [6.45, 7) is 9.46. The molecule has 6 nitrogen and oxygen atoms in total. The number of methoxy groups -OCH3 is 1. The van der Waals surface area contributed by atoms with E-state index in [1.54, 1.807) is 19.5 Å². The molecule has 1 atom stereocenters. The van der Waals surface area contributed by atoms with Crippen LogP contribution < -0.4 is 9.47 Å². The lowest BCUT2D eigenvalue weighted by Crippen LogP contribution is -2.22. The predicted molar refractivity (Wildman–Crippen MR) is 116 cm³/mol. The quantitative estimate of drug-likeness (QED) is 0.390. The Balaban J connectivity index is 2.12. The zero-order valence-corrected chi connectivity index (χ0v) is 17.6. The van der Waals surface area contributed by atoms with E-state index in [0.29, 0.717) is 18.2 Å². The molecular weight excluding hydrogens is 364 g/mol. The fourth-order valence-electron chi connectivity index (χ4n) is 3.08. The third kappa shape index (κ3) is 4.54. The Morgan fingerprint density at radius 3 is 2.83 bits per heavy atom. The second-order valence-electron chi connectivity index (χ2n) is 6.87. The fourth-order valence-corrected chi connectivity index (χ4v) is 3.08. The molecule has 0 aliphatic heterocycles. The number of pyridine rings is 3. The molecule has 6 heteroatoms. The van der Waals surface area contributed by atoms with Crippen LogP contribution in [0.25, 0.3) is 22.2 Å². The number of aromatic nitrogens is 3. The Bertz CT molecular complexity index is 990. The van der Waals surface area contributed by atoms with Crippen molar-refractivity contribution in [1.29, 1.82) is 0 Å². The van der Waals surface area contributed by atoms with E-state index < -0.39 is 0 Å². The highest BCUT2D eigenvalue weighted by molar-refractivity contribution is 5.87. The maximum atomic E-state index is 5.92. The minimum absolute atomic E-state index is 0.176. The van der Waals surface area contributed by atoms with Crippen LogP contribution in [0, 0.1) is 0 Å². The molecule has 0 bridgehead atoms. The standard InChI is InChI=1S/C23H28N4O2/c1-6-8-12-29-23-22-17(10-9-11-24-22)13-20(26-23)18-14-19(16(3)27(4)7-2)25-15-21(18)28-5/h6,9-11,13-16H,1,7-8,12H2,2-5H3/t16-/m1/s1. The van der Waals surface area contributed by atoms with E-state index in [-0.39, 0.29) is 6.04 Å². The monoisotopic (exact) mass is 392 g/mol. The molecule has 0 N–H and O–H groups in total. The summed E-state index contributed by atoms with van der Waals surface area (Å²) in [5, 5.41) is 0.963. The van der Waals surface area contributed by atoms with Crippen LogP contribution in [0.2, 0.25) is 0 Å². The molecule has 152 valence electrons. The zero-order chi connectivity index (χ0) is 20.8. The normalized spacial score (nSPS) is 12.2. The number of fused-ring (bicyclic) bond motifs is 1. The van der Waals surface area contributed by atoms with E-state index in [4.69, 9.17) is 14.5 Å². The largest absolute Gasteiger partial charge is 0.494 e. The molecule has 3 rings (SSSR count). The summed E-state index contributed by atoms with van der Waals surface area (Å²) in [6, 6.07) is 8.16. The summed E-state index contributed by atoms with van der Waals surface area (Å²) < 4.78 is 11.5. The summed E-state index contributed by atoms with van der Waals surface area (Å²) in [6.07, 6.45) is 6.07. The van der Waals surface area contributed by atoms with Gasteiger partial charge in [0.2, 0.25) is 5.88 Å². The molecule has 0 spiro atoms. The van der Waals surface area contributed by atoms with Crippen LogP contribution in [0.4, 0.5) is 0 Å². The molecular formula is C23H28N4O2. The smallest absolute Gasteiger partial charge is 0.241 e. The van der Waals surface area contributed by atoms with E-state index in [1.165, 1.54) is 0 Å². The second kappa shape index (κ2) is 9.47. The first kappa shape index (κ1) is 20.7. The van der Waals surface area contributed by atoms with Gasteiger partial charge in [-0.2, -0.15) is 0 Å². The topological polar surface area (TPSA) is 60.4 Å². The number of rotatable bonds is 9. The van der Waals surface area contributed by atoms with Crippen molar-refractivity contribution in [2.45, 2.75) is 26.3 Å². The average molecular weight is 393 g/mol. The molecule has 0 amide bonds. The van der Waals surface area contributed by atoms with E-state index in [1.807, 2.05) is 30.3 Å². The van der Waals surface area contributed by atoms with Gasteiger partial charge in [0.15, 0.2) is 0 Å². The van der Waals surface area contributed by atoms with Crippen LogP contribution in [0.5, 0.6) is 11.6 Å². The van der Waals surface area contributed by atoms with Gasteiger partial charge in [0.05, 0.1) is 31.3 Å². The Labute approximate surface area is 172 Å². The first-order valence-corrected chi connectivity index (χ1v) is 9.83. The van der Waals surface area contributed by atoms with E-state index in [9.17, 15) is 0 Å². The van der Waals surface area contributed by atoms with Gasteiger partial charge < -0.3 is 9.47 Å². The van der Waals surface area contributed by atoms with Gasteiger partial charge in [0.1, 0.15) is 11.3 Å². The first-order valence-electron chi connectivity index (χ1n) is 9.83. The molecule has 0 fully saturated rings. The summed E-state index contributed by atoms with van der Waals surface area (Å²) >= 11 is 0.